The minimum absolute atomic E-state index is 0.121. The summed E-state index contributed by atoms with van der Waals surface area (Å²) < 4.78 is 26.0. The fourth-order valence-corrected chi connectivity index (χ4v) is 4.74. The van der Waals surface area contributed by atoms with Gasteiger partial charge in [-0.3, -0.25) is 13.9 Å². The van der Waals surface area contributed by atoms with E-state index in [-0.39, 0.29) is 24.8 Å². The van der Waals surface area contributed by atoms with Gasteiger partial charge in [-0.25, -0.2) is 8.42 Å². The van der Waals surface area contributed by atoms with Gasteiger partial charge in [0.2, 0.25) is 21.8 Å². The van der Waals surface area contributed by atoms with Gasteiger partial charge in [-0.05, 0) is 68.1 Å². The highest BCUT2D eigenvalue weighted by Gasteiger charge is 2.22. The Morgan fingerprint density at radius 2 is 1.84 bits per heavy atom. The van der Waals surface area contributed by atoms with Crippen LogP contribution in [0.25, 0.3) is 0 Å². The highest BCUT2D eigenvalue weighted by molar-refractivity contribution is 7.92. The van der Waals surface area contributed by atoms with Crippen LogP contribution >= 0.6 is 0 Å². The van der Waals surface area contributed by atoms with Gasteiger partial charge in [0.15, 0.2) is 0 Å². The molecule has 0 radical (unpaired) electrons. The summed E-state index contributed by atoms with van der Waals surface area (Å²) >= 11 is 0. The van der Waals surface area contributed by atoms with Gasteiger partial charge in [-0.2, -0.15) is 0 Å². The largest absolute Gasteiger partial charge is 0.326 e. The zero-order valence-corrected chi connectivity index (χ0v) is 19.0. The first-order chi connectivity index (χ1) is 14.7. The first kappa shape index (κ1) is 22.8. The van der Waals surface area contributed by atoms with Crippen LogP contribution in [-0.2, 0) is 19.6 Å². The van der Waals surface area contributed by atoms with Crippen molar-refractivity contribution in [2.75, 3.05) is 33.9 Å². The standard InChI is InChI=1S/C23H29N3O4S/c1-17-7-4-8-21(18(17)2)26(31(3,29)30)16-5-9-22(27)24-19-11-13-20(14-12-19)25-15-6-10-23(25)28/h4,7-8,11-14H,5-6,9-10,15-16H2,1-3H3,(H,24,27). The van der Waals surface area contributed by atoms with E-state index in [9.17, 15) is 18.0 Å². The second kappa shape index (κ2) is 9.51. The molecule has 0 saturated carbocycles. The molecule has 1 saturated heterocycles. The van der Waals surface area contributed by atoms with Gasteiger partial charge in [0, 0.05) is 37.3 Å². The van der Waals surface area contributed by atoms with Gasteiger partial charge in [0.25, 0.3) is 0 Å². The zero-order chi connectivity index (χ0) is 22.6. The molecule has 2 amide bonds. The number of hydrogen-bond donors (Lipinski definition) is 1. The molecule has 31 heavy (non-hydrogen) atoms. The smallest absolute Gasteiger partial charge is 0.232 e. The molecule has 3 rings (SSSR count). The van der Waals surface area contributed by atoms with Crippen LogP contribution in [0.15, 0.2) is 42.5 Å². The maximum Gasteiger partial charge on any atom is 0.232 e. The van der Waals surface area contributed by atoms with E-state index in [1.165, 1.54) is 10.6 Å². The lowest BCUT2D eigenvalue weighted by molar-refractivity contribution is -0.117. The molecule has 1 N–H and O–H groups in total. The molecule has 0 bridgehead atoms. The van der Waals surface area contributed by atoms with E-state index >= 15 is 0 Å². The van der Waals surface area contributed by atoms with E-state index < -0.39 is 10.0 Å². The number of nitrogens with zero attached hydrogens (tertiary/aromatic N) is 2. The highest BCUT2D eigenvalue weighted by Crippen LogP contribution is 2.26. The number of rotatable bonds is 8. The molecule has 1 heterocycles. The Balaban J connectivity index is 1.57. The van der Waals surface area contributed by atoms with E-state index in [1.54, 1.807) is 23.1 Å². The summed E-state index contributed by atoms with van der Waals surface area (Å²) in [6.07, 6.45) is 3.21. The number of sulfonamides is 1. The predicted octanol–water partition coefficient (Wildman–Crippen LogP) is 3.62. The van der Waals surface area contributed by atoms with Crippen molar-refractivity contribution >= 4 is 38.9 Å². The Morgan fingerprint density at radius 3 is 2.45 bits per heavy atom. The molecule has 1 fully saturated rings. The van der Waals surface area contributed by atoms with Crippen LogP contribution in [0.3, 0.4) is 0 Å². The minimum atomic E-state index is -3.46. The summed E-state index contributed by atoms with van der Waals surface area (Å²) in [6, 6.07) is 12.8. The summed E-state index contributed by atoms with van der Waals surface area (Å²) in [5.74, 6) is -0.0597. The fraction of sp³-hybridized carbons (Fsp3) is 0.391. The maximum absolute atomic E-state index is 12.4. The number of carbonyl (C=O) groups is 2. The molecule has 1 aliphatic rings. The van der Waals surface area contributed by atoms with Gasteiger partial charge in [-0.1, -0.05) is 12.1 Å². The predicted molar refractivity (Wildman–Crippen MR) is 124 cm³/mol. The second-order valence-corrected chi connectivity index (χ2v) is 9.81. The number of hydrogen-bond acceptors (Lipinski definition) is 4. The number of carbonyl (C=O) groups excluding carboxylic acids is 2. The van der Waals surface area contributed by atoms with Crippen molar-refractivity contribution in [2.45, 2.75) is 39.5 Å². The molecular weight excluding hydrogens is 414 g/mol. The molecular formula is C23H29N3O4S. The summed E-state index contributed by atoms with van der Waals surface area (Å²) in [6.45, 7) is 4.79. The van der Waals surface area contributed by atoms with Crippen LogP contribution < -0.4 is 14.5 Å². The Labute approximate surface area is 184 Å². The summed E-state index contributed by atoms with van der Waals surface area (Å²) in [4.78, 5) is 25.9. The van der Waals surface area contributed by atoms with Gasteiger partial charge < -0.3 is 10.2 Å². The van der Waals surface area contributed by atoms with E-state index in [0.29, 0.717) is 24.2 Å². The lowest BCUT2D eigenvalue weighted by atomic mass is 10.1. The van der Waals surface area contributed by atoms with Crippen molar-refractivity contribution in [3.8, 4) is 0 Å². The van der Waals surface area contributed by atoms with E-state index in [2.05, 4.69) is 5.32 Å². The molecule has 166 valence electrons. The number of anilines is 3. The van der Waals surface area contributed by atoms with Crippen LogP contribution in [0, 0.1) is 13.8 Å². The molecule has 8 heteroatoms. The zero-order valence-electron chi connectivity index (χ0n) is 18.2. The Bertz CT molecular complexity index is 1060. The van der Waals surface area contributed by atoms with Gasteiger partial charge >= 0.3 is 0 Å². The van der Waals surface area contributed by atoms with Gasteiger partial charge in [0.05, 0.1) is 11.9 Å². The number of aryl methyl sites for hydroxylation is 1. The van der Waals surface area contributed by atoms with Crippen LogP contribution in [0.5, 0.6) is 0 Å². The lowest BCUT2D eigenvalue weighted by Gasteiger charge is -2.25. The van der Waals surface area contributed by atoms with Crippen LogP contribution in [0.4, 0.5) is 17.1 Å². The molecule has 0 unspecified atom stereocenters. The molecule has 0 spiro atoms. The topological polar surface area (TPSA) is 86.8 Å². The number of benzene rings is 2. The Hall–Kier alpha value is -2.87. The second-order valence-electron chi connectivity index (χ2n) is 7.90. The van der Waals surface area contributed by atoms with E-state index in [0.717, 1.165) is 29.8 Å². The fourth-order valence-electron chi connectivity index (χ4n) is 3.72. The molecule has 7 nitrogen and oxygen atoms in total. The highest BCUT2D eigenvalue weighted by atomic mass is 32.2. The molecule has 0 aliphatic carbocycles. The average Bonchev–Trinajstić information content (AvgIpc) is 3.13. The third-order valence-electron chi connectivity index (χ3n) is 5.55. The Kier molecular flexibility index (Phi) is 7.00. The molecule has 2 aromatic carbocycles. The monoisotopic (exact) mass is 443 g/mol. The SMILES string of the molecule is Cc1cccc(N(CCCC(=O)Nc2ccc(N3CCCC3=O)cc2)S(C)(=O)=O)c1C. The minimum Gasteiger partial charge on any atom is -0.326 e. The molecule has 1 aliphatic heterocycles. The quantitative estimate of drug-likeness (QED) is 0.675. The Morgan fingerprint density at radius 1 is 1.13 bits per heavy atom. The first-order valence-electron chi connectivity index (χ1n) is 10.4. The van der Waals surface area contributed by atoms with Crippen molar-refractivity contribution in [3.63, 3.8) is 0 Å². The van der Waals surface area contributed by atoms with Crippen LogP contribution in [0.2, 0.25) is 0 Å². The maximum atomic E-state index is 12.4. The lowest BCUT2D eigenvalue weighted by Crippen LogP contribution is -2.32. The number of amides is 2. The van der Waals surface area contributed by atoms with Crippen molar-refractivity contribution in [1.82, 2.24) is 0 Å². The van der Waals surface area contributed by atoms with E-state index in [1.807, 2.05) is 38.1 Å². The van der Waals surface area contributed by atoms with Gasteiger partial charge in [-0.15, -0.1) is 0 Å². The van der Waals surface area contributed by atoms with Crippen molar-refractivity contribution in [3.05, 3.63) is 53.6 Å². The van der Waals surface area contributed by atoms with Crippen molar-refractivity contribution in [2.24, 2.45) is 0 Å². The third kappa shape index (κ3) is 5.64. The first-order valence-corrected chi connectivity index (χ1v) is 12.3. The normalized spacial score (nSPS) is 14.0. The van der Waals surface area contributed by atoms with E-state index in [4.69, 9.17) is 0 Å². The van der Waals surface area contributed by atoms with Crippen molar-refractivity contribution in [1.29, 1.82) is 0 Å². The van der Waals surface area contributed by atoms with Crippen LogP contribution in [0.1, 0.15) is 36.8 Å². The summed E-state index contributed by atoms with van der Waals surface area (Å²) in [7, 11) is -3.46. The molecule has 2 aromatic rings. The third-order valence-corrected chi connectivity index (χ3v) is 6.73. The number of nitrogens with one attached hydrogen (secondary N) is 1. The molecule has 0 atom stereocenters. The average molecular weight is 444 g/mol. The van der Waals surface area contributed by atoms with Gasteiger partial charge in [0.1, 0.15) is 0 Å². The van der Waals surface area contributed by atoms with Crippen LogP contribution in [-0.4, -0.2) is 39.6 Å². The molecule has 0 aromatic heterocycles. The summed E-state index contributed by atoms with van der Waals surface area (Å²) in [5, 5.41) is 2.83. The van der Waals surface area contributed by atoms with Crippen molar-refractivity contribution < 1.29 is 18.0 Å². The summed E-state index contributed by atoms with van der Waals surface area (Å²) in [5.41, 5.74) is 4.06.